The maximum atomic E-state index is 13.2. The molecule has 1 heterocycles. The van der Waals surface area contributed by atoms with Gasteiger partial charge < -0.3 is 14.9 Å². The first-order valence-electron chi connectivity index (χ1n) is 11.2. The predicted molar refractivity (Wildman–Crippen MR) is 127 cm³/mol. The highest BCUT2D eigenvalue weighted by atomic mass is 35.5. The Morgan fingerprint density at radius 1 is 1.03 bits per heavy atom. The van der Waals surface area contributed by atoms with Crippen molar-refractivity contribution in [2.75, 3.05) is 24.5 Å². The van der Waals surface area contributed by atoms with Crippen LogP contribution >= 0.6 is 23.2 Å². The van der Waals surface area contributed by atoms with Crippen LogP contribution in [0.15, 0.2) is 42.5 Å². The van der Waals surface area contributed by atoms with E-state index in [1.807, 2.05) is 42.2 Å². The number of hydrogen-bond donors (Lipinski definition) is 1. The summed E-state index contributed by atoms with van der Waals surface area (Å²) in [4.78, 5) is 17.3. The third-order valence-electron chi connectivity index (χ3n) is 6.71. The van der Waals surface area contributed by atoms with Gasteiger partial charge in [-0.2, -0.15) is 0 Å². The van der Waals surface area contributed by atoms with Gasteiger partial charge in [-0.3, -0.25) is 4.79 Å². The topological polar surface area (TPSA) is 43.8 Å². The van der Waals surface area contributed by atoms with Crippen LogP contribution < -0.4 is 4.90 Å². The molecule has 2 fully saturated rings. The van der Waals surface area contributed by atoms with Gasteiger partial charge in [0.05, 0.1) is 16.8 Å². The monoisotopic (exact) mass is 460 g/mol. The van der Waals surface area contributed by atoms with Crippen molar-refractivity contribution in [1.29, 1.82) is 0 Å². The van der Waals surface area contributed by atoms with Crippen molar-refractivity contribution in [3.63, 3.8) is 0 Å². The largest absolute Gasteiger partial charge is 0.383 e. The zero-order valence-corrected chi connectivity index (χ0v) is 19.4. The fourth-order valence-electron chi connectivity index (χ4n) is 4.93. The summed E-state index contributed by atoms with van der Waals surface area (Å²) in [6.45, 7) is 3.75. The van der Waals surface area contributed by atoms with Gasteiger partial charge in [-0.1, -0.05) is 60.7 Å². The normalized spacial score (nSPS) is 21.2. The average Bonchev–Trinajstić information content (AvgIpc) is 2.79. The molecule has 0 aromatic heterocycles. The lowest BCUT2D eigenvalue weighted by Gasteiger charge is -2.44. The summed E-state index contributed by atoms with van der Waals surface area (Å²) in [5, 5.41) is 12.2. The van der Waals surface area contributed by atoms with Gasteiger partial charge in [0.25, 0.3) is 5.91 Å². The summed E-state index contributed by atoms with van der Waals surface area (Å²) in [7, 11) is 0. The Balaban J connectivity index is 1.59. The van der Waals surface area contributed by atoms with Crippen molar-refractivity contribution < 1.29 is 9.90 Å². The zero-order chi connectivity index (χ0) is 22.0. The number of rotatable bonds is 4. The van der Waals surface area contributed by atoms with Crippen LogP contribution in [0.1, 0.15) is 49.3 Å². The lowest BCUT2D eigenvalue weighted by molar-refractivity contribution is -0.144. The van der Waals surface area contributed by atoms with E-state index in [1.54, 1.807) is 0 Å². The molecule has 4 rings (SSSR count). The van der Waals surface area contributed by atoms with Crippen molar-refractivity contribution >= 4 is 34.8 Å². The molecule has 2 aromatic rings. The summed E-state index contributed by atoms with van der Waals surface area (Å²) in [6.07, 6.45) is 4.37. The highest BCUT2D eigenvalue weighted by Gasteiger charge is 2.36. The number of benzene rings is 2. The molecule has 1 amide bonds. The smallest absolute Gasteiger partial charge is 0.251 e. The van der Waals surface area contributed by atoms with Gasteiger partial charge in [0, 0.05) is 24.7 Å². The Hall–Kier alpha value is -1.75. The third kappa shape index (κ3) is 5.02. The molecule has 1 saturated carbocycles. The standard InChI is InChI=1S/C25H30Cl2N2O2/c1-17-7-12-22(21(27)15-17)29-14-13-28(16-23(29)18-8-10-20(26)11-9-18)25(31)24(30)19-5-3-2-4-6-19/h7-12,15,19,23-24,30H,2-6,13-14,16H2,1H3/t23-,24-/m0/s1. The minimum absolute atomic E-state index is 0.0614. The molecule has 6 heteroatoms. The van der Waals surface area contributed by atoms with E-state index in [0.717, 1.165) is 42.5 Å². The second kappa shape index (κ2) is 9.81. The number of anilines is 1. The Morgan fingerprint density at radius 2 is 1.74 bits per heavy atom. The van der Waals surface area contributed by atoms with Gasteiger partial charge in [-0.25, -0.2) is 0 Å². The van der Waals surface area contributed by atoms with E-state index in [0.29, 0.717) is 29.7 Å². The lowest BCUT2D eigenvalue weighted by atomic mass is 9.84. The molecule has 1 aliphatic heterocycles. The van der Waals surface area contributed by atoms with Gasteiger partial charge in [-0.05, 0) is 61.1 Å². The molecule has 0 spiro atoms. The van der Waals surface area contributed by atoms with Gasteiger partial charge in [0.15, 0.2) is 0 Å². The van der Waals surface area contributed by atoms with Gasteiger partial charge in [-0.15, -0.1) is 0 Å². The molecular weight excluding hydrogens is 431 g/mol. The number of aliphatic hydroxyl groups excluding tert-OH is 1. The van der Waals surface area contributed by atoms with Crippen LogP contribution in [0.2, 0.25) is 10.0 Å². The molecule has 0 unspecified atom stereocenters. The second-order valence-corrected chi connectivity index (χ2v) is 9.69. The SMILES string of the molecule is Cc1ccc(N2CCN(C(=O)[C@@H](O)C3CCCCC3)C[C@H]2c2ccc(Cl)cc2)c(Cl)c1. The van der Waals surface area contributed by atoms with E-state index >= 15 is 0 Å². The highest BCUT2D eigenvalue weighted by molar-refractivity contribution is 6.33. The number of nitrogens with zero attached hydrogens (tertiary/aromatic N) is 2. The Kier molecular flexibility index (Phi) is 7.10. The van der Waals surface area contributed by atoms with Crippen LogP contribution in [0.5, 0.6) is 0 Å². The number of aliphatic hydroxyl groups is 1. The van der Waals surface area contributed by atoms with Crippen LogP contribution in [0.4, 0.5) is 5.69 Å². The number of aryl methyl sites for hydroxylation is 1. The molecule has 2 atom stereocenters. The molecule has 4 nitrogen and oxygen atoms in total. The molecule has 0 bridgehead atoms. The minimum Gasteiger partial charge on any atom is -0.383 e. The van der Waals surface area contributed by atoms with E-state index < -0.39 is 6.10 Å². The van der Waals surface area contributed by atoms with Gasteiger partial charge >= 0.3 is 0 Å². The highest BCUT2D eigenvalue weighted by Crippen LogP contribution is 2.36. The average molecular weight is 461 g/mol. The molecular formula is C25H30Cl2N2O2. The summed E-state index contributed by atoms with van der Waals surface area (Å²) in [5.41, 5.74) is 3.15. The minimum atomic E-state index is -0.902. The molecule has 2 aromatic carbocycles. The van der Waals surface area contributed by atoms with Crippen LogP contribution in [0, 0.1) is 12.8 Å². The molecule has 1 N–H and O–H groups in total. The molecule has 166 valence electrons. The molecule has 2 aliphatic rings. The predicted octanol–water partition coefficient (Wildman–Crippen LogP) is 5.63. The van der Waals surface area contributed by atoms with Crippen LogP contribution in [0.3, 0.4) is 0 Å². The molecule has 0 radical (unpaired) electrons. The summed E-state index contributed by atoms with van der Waals surface area (Å²) >= 11 is 12.7. The Bertz CT molecular complexity index is 912. The first kappa shape index (κ1) is 22.4. The maximum Gasteiger partial charge on any atom is 0.251 e. The quantitative estimate of drug-likeness (QED) is 0.642. The zero-order valence-electron chi connectivity index (χ0n) is 17.9. The number of carbonyl (C=O) groups excluding carboxylic acids is 1. The van der Waals surface area contributed by atoms with E-state index in [1.165, 1.54) is 6.42 Å². The first-order valence-corrected chi connectivity index (χ1v) is 11.9. The molecule has 1 saturated heterocycles. The second-order valence-electron chi connectivity index (χ2n) is 8.84. The maximum absolute atomic E-state index is 13.2. The van der Waals surface area contributed by atoms with E-state index in [4.69, 9.17) is 23.2 Å². The Labute approximate surface area is 194 Å². The van der Waals surface area contributed by atoms with Crippen LogP contribution in [-0.2, 0) is 4.79 Å². The number of carbonyl (C=O) groups is 1. The summed E-state index contributed by atoms with van der Waals surface area (Å²) in [5.74, 6) is -0.0553. The van der Waals surface area contributed by atoms with Crippen molar-refractivity contribution in [3.8, 4) is 0 Å². The number of amides is 1. The Morgan fingerprint density at radius 3 is 2.42 bits per heavy atom. The molecule has 1 aliphatic carbocycles. The summed E-state index contributed by atoms with van der Waals surface area (Å²) in [6, 6.07) is 13.8. The van der Waals surface area contributed by atoms with Crippen molar-refractivity contribution in [1.82, 2.24) is 4.90 Å². The summed E-state index contributed by atoms with van der Waals surface area (Å²) < 4.78 is 0. The number of hydrogen-bond acceptors (Lipinski definition) is 3. The van der Waals surface area contributed by atoms with Gasteiger partial charge in [0.2, 0.25) is 0 Å². The third-order valence-corrected chi connectivity index (χ3v) is 7.26. The number of halogens is 2. The fourth-order valence-corrected chi connectivity index (χ4v) is 5.39. The fraction of sp³-hybridized carbons (Fsp3) is 0.480. The van der Waals surface area contributed by atoms with Crippen molar-refractivity contribution in [2.24, 2.45) is 5.92 Å². The van der Waals surface area contributed by atoms with E-state index in [2.05, 4.69) is 17.0 Å². The van der Waals surface area contributed by atoms with Crippen LogP contribution in [0.25, 0.3) is 0 Å². The lowest BCUT2D eigenvalue weighted by Crippen LogP contribution is -2.54. The first-order chi connectivity index (χ1) is 14.9. The van der Waals surface area contributed by atoms with Crippen molar-refractivity contribution in [3.05, 3.63) is 63.6 Å². The van der Waals surface area contributed by atoms with Crippen molar-refractivity contribution in [2.45, 2.75) is 51.2 Å². The van der Waals surface area contributed by atoms with E-state index in [-0.39, 0.29) is 17.9 Å². The number of piperazine rings is 1. The van der Waals surface area contributed by atoms with Gasteiger partial charge in [0.1, 0.15) is 6.10 Å². The van der Waals surface area contributed by atoms with Crippen LogP contribution in [-0.4, -0.2) is 41.7 Å². The van der Waals surface area contributed by atoms with E-state index in [9.17, 15) is 9.90 Å². The molecule has 31 heavy (non-hydrogen) atoms.